The van der Waals surface area contributed by atoms with Gasteiger partial charge in [0.2, 0.25) is 0 Å². The molecule has 0 unspecified atom stereocenters. The Morgan fingerprint density at radius 2 is 2.21 bits per heavy atom. The van der Waals surface area contributed by atoms with E-state index in [1.54, 1.807) is 0 Å². The van der Waals surface area contributed by atoms with Gasteiger partial charge in [-0.2, -0.15) is 0 Å². The third-order valence-corrected chi connectivity index (χ3v) is 2.10. The van der Waals surface area contributed by atoms with Crippen molar-refractivity contribution in [2.24, 2.45) is 0 Å². The van der Waals surface area contributed by atoms with E-state index in [2.05, 4.69) is 4.98 Å². The number of pyridine rings is 1. The fourth-order valence-electron chi connectivity index (χ4n) is 1.02. The minimum atomic E-state index is -2.72. The predicted molar refractivity (Wildman–Crippen MR) is 49.1 cm³/mol. The Kier molecular flexibility index (Phi) is 3.77. The molecule has 0 spiro atoms. The molecule has 0 saturated carbocycles. The van der Waals surface area contributed by atoms with Gasteiger partial charge in [-0.15, -0.1) is 11.6 Å². The third kappa shape index (κ3) is 2.19. The highest BCUT2D eigenvalue weighted by atomic mass is 35.5. The van der Waals surface area contributed by atoms with Crippen molar-refractivity contribution in [1.29, 1.82) is 0 Å². The Labute approximate surface area is 88.8 Å². The van der Waals surface area contributed by atoms with Crippen LogP contribution in [0.4, 0.5) is 8.78 Å². The zero-order chi connectivity index (χ0) is 10.7. The van der Waals surface area contributed by atoms with Crippen LogP contribution in [0.3, 0.4) is 0 Å². The van der Waals surface area contributed by atoms with Gasteiger partial charge in [0.1, 0.15) is 10.8 Å². The summed E-state index contributed by atoms with van der Waals surface area (Å²) in [6, 6.07) is 1.01. The molecule has 0 aliphatic rings. The van der Waals surface area contributed by atoms with Crippen molar-refractivity contribution in [3.63, 3.8) is 0 Å². The number of alkyl halides is 3. The molecule has 1 heterocycles. The molecule has 0 bridgehead atoms. The Bertz CT molecular complexity index is 357. The standard InChI is InChI=1S/C8H5Cl2F2NO/c9-2-5-4(8(11)12)1-7(10)13-6(5)3-14/h1,3,8H,2H2. The molecule has 76 valence electrons. The molecule has 0 radical (unpaired) electrons. The highest BCUT2D eigenvalue weighted by molar-refractivity contribution is 6.29. The topological polar surface area (TPSA) is 30.0 Å². The molecule has 0 saturated heterocycles. The number of rotatable bonds is 3. The van der Waals surface area contributed by atoms with Gasteiger partial charge in [0, 0.05) is 11.1 Å². The van der Waals surface area contributed by atoms with Crippen LogP contribution in [0.5, 0.6) is 0 Å². The summed E-state index contributed by atoms with van der Waals surface area (Å²) in [7, 11) is 0. The molecule has 0 aliphatic carbocycles. The van der Waals surface area contributed by atoms with Crippen LogP contribution < -0.4 is 0 Å². The summed E-state index contributed by atoms with van der Waals surface area (Å²) >= 11 is 10.9. The molecule has 6 heteroatoms. The van der Waals surface area contributed by atoms with E-state index in [0.717, 1.165) is 6.07 Å². The van der Waals surface area contributed by atoms with Crippen LogP contribution in [0.1, 0.15) is 28.0 Å². The first-order valence-corrected chi connectivity index (χ1v) is 4.50. The van der Waals surface area contributed by atoms with Crippen LogP contribution in [-0.4, -0.2) is 11.3 Å². The van der Waals surface area contributed by atoms with Crippen molar-refractivity contribution in [2.45, 2.75) is 12.3 Å². The summed E-state index contributed by atoms with van der Waals surface area (Å²) in [5.74, 6) is -0.197. The summed E-state index contributed by atoms with van der Waals surface area (Å²) in [4.78, 5) is 14.1. The lowest BCUT2D eigenvalue weighted by molar-refractivity contribution is 0.111. The molecule has 0 aliphatic heterocycles. The zero-order valence-corrected chi connectivity index (χ0v) is 8.32. The molecule has 0 atom stereocenters. The van der Waals surface area contributed by atoms with Gasteiger partial charge in [-0.3, -0.25) is 4.79 Å². The Morgan fingerprint density at radius 3 is 2.64 bits per heavy atom. The van der Waals surface area contributed by atoms with Crippen molar-refractivity contribution in [2.75, 3.05) is 0 Å². The maximum absolute atomic E-state index is 12.4. The van der Waals surface area contributed by atoms with Crippen LogP contribution in [-0.2, 0) is 5.88 Å². The number of aromatic nitrogens is 1. The van der Waals surface area contributed by atoms with Gasteiger partial charge < -0.3 is 0 Å². The van der Waals surface area contributed by atoms with Crippen LogP contribution in [0.25, 0.3) is 0 Å². The molecule has 0 aromatic carbocycles. The number of hydrogen-bond acceptors (Lipinski definition) is 2. The molecular formula is C8H5Cl2F2NO. The SMILES string of the molecule is O=Cc1nc(Cl)cc(C(F)F)c1CCl. The highest BCUT2D eigenvalue weighted by Gasteiger charge is 2.17. The number of halogens is 4. The van der Waals surface area contributed by atoms with Crippen molar-refractivity contribution >= 4 is 29.5 Å². The lowest BCUT2D eigenvalue weighted by Gasteiger charge is -2.08. The van der Waals surface area contributed by atoms with E-state index in [1.165, 1.54) is 0 Å². The van der Waals surface area contributed by atoms with Gasteiger partial charge in [-0.1, -0.05) is 11.6 Å². The number of hydrogen-bond donors (Lipinski definition) is 0. The van der Waals surface area contributed by atoms with Gasteiger partial charge in [0.05, 0.1) is 5.88 Å². The maximum atomic E-state index is 12.4. The summed E-state index contributed by atoms with van der Waals surface area (Å²) in [5.41, 5.74) is -0.453. The molecule has 1 aromatic heterocycles. The number of carbonyl (C=O) groups excluding carboxylic acids is 1. The van der Waals surface area contributed by atoms with Crippen molar-refractivity contribution in [1.82, 2.24) is 4.98 Å². The fraction of sp³-hybridized carbons (Fsp3) is 0.250. The molecular weight excluding hydrogens is 235 g/mol. The second kappa shape index (κ2) is 4.66. The Balaban J connectivity index is 3.39. The first kappa shape index (κ1) is 11.3. The van der Waals surface area contributed by atoms with Crippen molar-refractivity contribution in [3.8, 4) is 0 Å². The maximum Gasteiger partial charge on any atom is 0.264 e. The zero-order valence-electron chi connectivity index (χ0n) is 6.81. The monoisotopic (exact) mass is 239 g/mol. The van der Waals surface area contributed by atoms with E-state index in [4.69, 9.17) is 23.2 Å². The number of aldehydes is 1. The Morgan fingerprint density at radius 1 is 1.57 bits per heavy atom. The molecule has 0 fully saturated rings. The van der Waals surface area contributed by atoms with Crippen molar-refractivity contribution < 1.29 is 13.6 Å². The molecule has 2 nitrogen and oxygen atoms in total. The summed E-state index contributed by atoms with van der Waals surface area (Å²) in [5, 5.41) is -0.142. The van der Waals surface area contributed by atoms with Crippen LogP contribution in [0.15, 0.2) is 6.07 Å². The molecule has 14 heavy (non-hydrogen) atoms. The van der Waals surface area contributed by atoms with Gasteiger partial charge in [-0.25, -0.2) is 13.8 Å². The second-order valence-corrected chi connectivity index (χ2v) is 3.10. The molecule has 1 aromatic rings. The van der Waals surface area contributed by atoms with Crippen molar-refractivity contribution in [3.05, 3.63) is 28.0 Å². The second-order valence-electron chi connectivity index (χ2n) is 2.45. The van der Waals surface area contributed by atoms with Crippen LogP contribution >= 0.6 is 23.2 Å². The van der Waals surface area contributed by atoms with E-state index < -0.39 is 6.43 Å². The van der Waals surface area contributed by atoms with E-state index in [0.29, 0.717) is 6.29 Å². The lowest BCUT2D eigenvalue weighted by atomic mass is 10.1. The minimum absolute atomic E-state index is 0.0288. The summed E-state index contributed by atoms with van der Waals surface area (Å²) in [6.45, 7) is 0. The van der Waals surface area contributed by atoms with Gasteiger partial charge in [0.15, 0.2) is 6.29 Å². The fourth-order valence-corrected chi connectivity index (χ4v) is 1.52. The molecule has 0 amide bonds. The van der Waals surface area contributed by atoms with Gasteiger partial charge >= 0.3 is 0 Å². The average molecular weight is 240 g/mol. The van der Waals surface area contributed by atoms with E-state index in [9.17, 15) is 13.6 Å². The first-order chi connectivity index (χ1) is 6.60. The smallest absolute Gasteiger partial charge is 0.264 e. The van der Waals surface area contributed by atoms with Crippen LogP contribution in [0, 0.1) is 0 Å². The number of nitrogens with zero attached hydrogens (tertiary/aromatic N) is 1. The minimum Gasteiger partial charge on any atom is -0.296 e. The largest absolute Gasteiger partial charge is 0.296 e. The van der Waals surface area contributed by atoms with Crippen LogP contribution in [0.2, 0.25) is 5.15 Å². The predicted octanol–water partition coefficient (Wildman–Crippen LogP) is 3.22. The first-order valence-electron chi connectivity index (χ1n) is 3.58. The average Bonchev–Trinajstić information content (AvgIpc) is 2.16. The van der Waals surface area contributed by atoms with Gasteiger partial charge in [0.25, 0.3) is 6.43 Å². The number of carbonyl (C=O) groups is 1. The third-order valence-electron chi connectivity index (χ3n) is 1.64. The van der Waals surface area contributed by atoms with Gasteiger partial charge in [-0.05, 0) is 6.07 Å². The molecule has 1 rings (SSSR count). The van der Waals surface area contributed by atoms with E-state index in [-0.39, 0.29) is 27.9 Å². The lowest BCUT2D eigenvalue weighted by Crippen LogP contribution is -2.01. The summed E-state index contributed by atoms with van der Waals surface area (Å²) < 4.78 is 24.9. The van der Waals surface area contributed by atoms with E-state index in [1.807, 2.05) is 0 Å². The summed E-state index contributed by atoms with van der Waals surface area (Å²) in [6.07, 6.45) is -2.36. The quantitative estimate of drug-likeness (QED) is 0.461. The Hall–Kier alpha value is -0.740. The van der Waals surface area contributed by atoms with E-state index >= 15 is 0 Å². The normalized spacial score (nSPS) is 10.6. The highest BCUT2D eigenvalue weighted by Crippen LogP contribution is 2.27. The molecule has 0 N–H and O–H groups in total.